The van der Waals surface area contributed by atoms with Crippen molar-refractivity contribution >= 4 is 17.6 Å². The van der Waals surface area contributed by atoms with E-state index < -0.39 is 0 Å². The van der Waals surface area contributed by atoms with Gasteiger partial charge in [0.25, 0.3) is 0 Å². The fourth-order valence-corrected chi connectivity index (χ4v) is 2.59. The second-order valence-electron chi connectivity index (χ2n) is 5.32. The van der Waals surface area contributed by atoms with Crippen molar-refractivity contribution in [3.63, 3.8) is 0 Å². The van der Waals surface area contributed by atoms with Gasteiger partial charge in [0.05, 0.1) is 6.54 Å². The molecule has 1 aromatic heterocycles. The van der Waals surface area contributed by atoms with Gasteiger partial charge in [0.2, 0.25) is 0 Å². The van der Waals surface area contributed by atoms with Crippen LogP contribution in [0.5, 0.6) is 0 Å². The number of guanidine groups is 1. The number of nitrogens with one attached hydrogen (secondary N) is 1. The Morgan fingerprint density at radius 1 is 1.32 bits per heavy atom. The van der Waals surface area contributed by atoms with Crippen molar-refractivity contribution in [3.05, 3.63) is 58.9 Å². The summed E-state index contributed by atoms with van der Waals surface area (Å²) in [5, 5.41) is 4.17. The van der Waals surface area contributed by atoms with E-state index in [2.05, 4.69) is 51.2 Å². The summed E-state index contributed by atoms with van der Waals surface area (Å²) in [6.45, 7) is 1.64. The molecule has 5 heteroatoms. The van der Waals surface area contributed by atoms with E-state index in [-0.39, 0.29) is 0 Å². The van der Waals surface area contributed by atoms with Crippen LogP contribution < -0.4 is 5.32 Å². The number of rotatable bonds is 5. The molecule has 1 N–H and O–H groups in total. The molecule has 2 rings (SSSR count). The minimum atomic E-state index is 0.780. The molecule has 0 bridgehead atoms. The zero-order valence-corrected chi connectivity index (χ0v) is 14.1. The Labute approximate surface area is 137 Å². The Bertz CT molecular complexity index is 633. The number of aryl methyl sites for hydroxylation is 1. The molecule has 0 aliphatic heterocycles. The average molecular weight is 319 g/mol. The molecule has 0 saturated carbocycles. The van der Waals surface area contributed by atoms with E-state index in [0.717, 1.165) is 30.5 Å². The summed E-state index contributed by atoms with van der Waals surface area (Å²) < 4.78 is 2.12. The van der Waals surface area contributed by atoms with Crippen LogP contribution in [0.2, 0.25) is 5.02 Å². The van der Waals surface area contributed by atoms with E-state index in [9.17, 15) is 0 Å². The van der Waals surface area contributed by atoms with Crippen LogP contribution in [0.3, 0.4) is 0 Å². The Hall–Kier alpha value is -1.94. The van der Waals surface area contributed by atoms with E-state index >= 15 is 0 Å². The third-order valence-electron chi connectivity index (χ3n) is 3.61. The van der Waals surface area contributed by atoms with Crippen LogP contribution >= 0.6 is 11.6 Å². The molecule has 1 heterocycles. The minimum Gasteiger partial charge on any atom is -0.356 e. The lowest BCUT2D eigenvalue weighted by Crippen LogP contribution is -2.39. The lowest BCUT2D eigenvalue weighted by Gasteiger charge is -2.22. The van der Waals surface area contributed by atoms with Crippen molar-refractivity contribution in [2.24, 2.45) is 12.0 Å². The van der Waals surface area contributed by atoms with Crippen LogP contribution in [0.25, 0.3) is 0 Å². The number of aromatic nitrogens is 1. The summed E-state index contributed by atoms with van der Waals surface area (Å²) in [7, 11) is 5.91. The van der Waals surface area contributed by atoms with E-state index in [4.69, 9.17) is 11.6 Å². The first-order chi connectivity index (χ1) is 10.6. The van der Waals surface area contributed by atoms with Gasteiger partial charge in [0, 0.05) is 44.6 Å². The maximum atomic E-state index is 6.00. The third kappa shape index (κ3) is 4.53. The lowest BCUT2D eigenvalue weighted by atomic mass is 10.1. The molecular formula is C17H23ClN4. The Morgan fingerprint density at radius 3 is 2.77 bits per heavy atom. The molecule has 0 saturated heterocycles. The fraction of sp³-hybridized carbons (Fsp3) is 0.353. The normalized spacial score (nSPS) is 11.5. The second-order valence-corrected chi connectivity index (χ2v) is 5.76. The second kappa shape index (κ2) is 7.90. The molecular weight excluding hydrogens is 296 g/mol. The molecule has 4 nitrogen and oxygen atoms in total. The van der Waals surface area contributed by atoms with Gasteiger partial charge in [-0.15, -0.1) is 0 Å². The van der Waals surface area contributed by atoms with Crippen LogP contribution in [0.4, 0.5) is 0 Å². The highest BCUT2D eigenvalue weighted by molar-refractivity contribution is 6.30. The van der Waals surface area contributed by atoms with Gasteiger partial charge in [-0.1, -0.05) is 23.7 Å². The van der Waals surface area contributed by atoms with E-state index in [1.165, 1.54) is 11.3 Å². The smallest absolute Gasteiger partial charge is 0.193 e. The van der Waals surface area contributed by atoms with Crippen LogP contribution in [0.1, 0.15) is 11.3 Å². The van der Waals surface area contributed by atoms with Crippen molar-refractivity contribution in [2.75, 3.05) is 20.6 Å². The summed E-state index contributed by atoms with van der Waals surface area (Å²) >= 11 is 6.00. The average Bonchev–Trinajstić information content (AvgIpc) is 2.89. The minimum absolute atomic E-state index is 0.780. The topological polar surface area (TPSA) is 32.6 Å². The quantitative estimate of drug-likeness (QED) is 0.679. The predicted octanol–water partition coefficient (Wildman–Crippen LogP) is 2.93. The van der Waals surface area contributed by atoms with Crippen LogP contribution in [-0.2, 0) is 20.0 Å². The summed E-state index contributed by atoms with van der Waals surface area (Å²) in [6, 6.07) is 12.1. The monoisotopic (exact) mass is 318 g/mol. The van der Waals surface area contributed by atoms with E-state index in [1.54, 1.807) is 0 Å². The van der Waals surface area contributed by atoms with Crippen LogP contribution in [0, 0.1) is 0 Å². The zero-order chi connectivity index (χ0) is 15.9. The molecule has 2 aromatic rings. The number of hydrogen-bond donors (Lipinski definition) is 1. The SMILES string of the molecule is CN=C(NCCc1cccc(Cl)c1)N(C)Cc1cccn1C. The van der Waals surface area contributed by atoms with E-state index in [1.807, 2.05) is 32.3 Å². The summed E-state index contributed by atoms with van der Waals surface area (Å²) in [5.74, 6) is 0.892. The molecule has 22 heavy (non-hydrogen) atoms. The van der Waals surface area contributed by atoms with Gasteiger partial charge in [-0.25, -0.2) is 0 Å². The standard InChI is InChI=1S/C17H23ClN4/c1-19-17(22(3)13-16-8-5-11-21(16)2)20-10-9-14-6-4-7-15(18)12-14/h4-8,11-12H,9-10,13H2,1-3H3,(H,19,20). The van der Waals surface area contributed by atoms with Crippen molar-refractivity contribution in [2.45, 2.75) is 13.0 Å². The highest BCUT2D eigenvalue weighted by atomic mass is 35.5. The van der Waals surface area contributed by atoms with Gasteiger partial charge >= 0.3 is 0 Å². The maximum absolute atomic E-state index is 6.00. The molecule has 0 fully saturated rings. The van der Waals surface area contributed by atoms with Crippen LogP contribution in [-0.4, -0.2) is 36.1 Å². The third-order valence-corrected chi connectivity index (χ3v) is 3.84. The molecule has 0 spiro atoms. The molecule has 1 aromatic carbocycles. The molecule has 0 amide bonds. The van der Waals surface area contributed by atoms with Gasteiger partial charge in [0.15, 0.2) is 5.96 Å². The highest BCUT2D eigenvalue weighted by Gasteiger charge is 2.08. The van der Waals surface area contributed by atoms with Gasteiger partial charge < -0.3 is 14.8 Å². The van der Waals surface area contributed by atoms with Crippen molar-refractivity contribution in [3.8, 4) is 0 Å². The first kappa shape index (κ1) is 16.4. The first-order valence-electron chi connectivity index (χ1n) is 7.36. The van der Waals surface area contributed by atoms with Gasteiger partial charge in [-0.05, 0) is 36.2 Å². The Kier molecular flexibility index (Phi) is 5.90. The fourth-order valence-electron chi connectivity index (χ4n) is 2.37. The summed E-state index contributed by atoms with van der Waals surface area (Å²) in [4.78, 5) is 6.46. The highest BCUT2D eigenvalue weighted by Crippen LogP contribution is 2.10. The molecule has 0 radical (unpaired) electrons. The van der Waals surface area contributed by atoms with Gasteiger partial charge in [0.1, 0.15) is 0 Å². The Balaban J connectivity index is 1.85. The number of halogens is 1. The Morgan fingerprint density at radius 2 is 2.14 bits per heavy atom. The van der Waals surface area contributed by atoms with Crippen molar-refractivity contribution < 1.29 is 0 Å². The molecule has 0 unspecified atom stereocenters. The van der Waals surface area contributed by atoms with Crippen molar-refractivity contribution in [1.29, 1.82) is 0 Å². The van der Waals surface area contributed by atoms with Gasteiger partial charge in [-0.2, -0.15) is 0 Å². The maximum Gasteiger partial charge on any atom is 0.193 e. The van der Waals surface area contributed by atoms with E-state index in [0.29, 0.717) is 0 Å². The summed E-state index contributed by atoms with van der Waals surface area (Å²) in [5.41, 5.74) is 2.47. The number of aliphatic imine (C=N–C) groups is 1. The number of benzene rings is 1. The van der Waals surface area contributed by atoms with Crippen molar-refractivity contribution in [1.82, 2.24) is 14.8 Å². The summed E-state index contributed by atoms with van der Waals surface area (Å²) in [6.07, 6.45) is 2.97. The first-order valence-corrected chi connectivity index (χ1v) is 7.74. The number of nitrogens with zero attached hydrogens (tertiary/aromatic N) is 3. The molecule has 0 aliphatic rings. The number of hydrogen-bond acceptors (Lipinski definition) is 1. The largest absolute Gasteiger partial charge is 0.356 e. The lowest BCUT2D eigenvalue weighted by molar-refractivity contribution is 0.462. The van der Waals surface area contributed by atoms with Gasteiger partial charge in [-0.3, -0.25) is 4.99 Å². The zero-order valence-electron chi connectivity index (χ0n) is 13.4. The molecule has 118 valence electrons. The predicted molar refractivity (Wildman–Crippen MR) is 93.4 cm³/mol. The van der Waals surface area contributed by atoms with Crippen LogP contribution in [0.15, 0.2) is 47.6 Å². The molecule has 0 aliphatic carbocycles. The molecule has 0 atom stereocenters.